The summed E-state index contributed by atoms with van der Waals surface area (Å²) in [5, 5.41) is 12.7. The number of hydrogen-bond donors (Lipinski definition) is 1. The Balaban J connectivity index is 1.20. The lowest BCUT2D eigenvalue weighted by atomic mass is 9.84. The maximum Gasteiger partial charge on any atom is 0.243 e. The molecule has 196 valence electrons. The normalized spacial score (nSPS) is 17.4. The highest BCUT2D eigenvalue weighted by Gasteiger charge is 2.46. The molecule has 2 aliphatic heterocycles. The number of carbonyl (C=O) groups is 1. The first-order chi connectivity index (χ1) is 18.4. The maximum absolute atomic E-state index is 13.9. The molecule has 0 aliphatic carbocycles. The minimum Gasteiger partial charge on any atom is -0.341 e. The molecule has 10 nitrogen and oxygen atoms in total. The van der Waals surface area contributed by atoms with Crippen molar-refractivity contribution < 1.29 is 4.79 Å². The van der Waals surface area contributed by atoms with E-state index in [1.54, 1.807) is 6.20 Å². The minimum atomic E-state index is -0.553. The average Bonchev–Trinajstić information content (AvgIpc) is 3.57. The van der Waals surface area contributed by atoms with Crippen LogP contribution < -0.4 is 10.2 Å². The van der Waals surface area contributed by atoms with Crippen molar-refractivity contribution in [2.45, 2.75) is 38.8 Å². The zero-order valence-electron chi connectivity index (χ0n) is 22.1. The summed E-state index contributed by atoms with van der Waals surface area (Å²) in [7, 11) is 1.93. The van der Waals surface area contributed by atoms with Gasteiger partial charge >= 0.3 is 0 Å². The number of amides is 1. The third kappa shape index (κ3) is 4.56. The SMILES string of the molecule is Cc1cc(C)nc(N2CCC3(CC2)NCCN(Cc2nn(C)cc2-c2cccc(-n4cccn4)c2)C3=O)n1. The fourth-order valence-electron chi connectivity index (χ4n) is 5.70. The van der Waals surface area contributed by atoms with Crippen LogP contribution in [0.5, 0.6) is 0 Å². The summed E-state index contributed by atoms with van der Waals surface area (Å²) >= 11 is 0. The van der Waals surface area contributed by atoms with Gasteiger partial charge < -0.3 is 15.1 Å². The largest absolute Gasteiger partial charge is 0.341 e. The summed E-state index contributed by atoms with van der Waals surface area (Å²) in [5.74, 6) is 0.916. The number of nitrogens with one attached hydrogen (secondary N) is 1. The van der Waals surface area contributed by atoms with E-state index >= 15 is 0 Å². The van der Waals surface area contributed by atoms with Gasteiger partial charge in [0, 0.05) is 68.8 Å². The van der Waals surface area contributed by atoms with Gasteiger partial charge in [0.05, 0.1) is 17.9 Å². The van der Waals surface area contributed by atoms with Crippen LogP contribution in [0.15, 0.2) is 55.0 Å². The lowest BCUT2D eigenvalue weighted by molar-refractivity contribution is -0.143. The summed E-state index contributed by atoms with van der Waals surface area (Å²) in [6.07, 6.45) is 7.18. The minimum absolute atomic E-state index is 0.159. The molecule has 1 amide bonds. The fraction of sp³-hybridized carbons (Fsp3) is 0.393. The van der Waals surface area contributed by atoms with E-state index in [-0.39, 0.29) is 5.91 Å². The van der Waals surface area contributed by atoms with Gasteiger partial charge in [0.25, 0.3) is 0 Å². The number of carbonyl (C=O) groups excluding carboxylic acids is 1. The van der Waals surface area contributed by atoms with Crippen molar-refractivity contribution in [3.8, 4) is 16.8 Å². The lowest BCUT2D eigenvalue weighted by Crippen LogP contribution is -2.67. The fourth-order valence-corrected chi connectivity index (χ4v) is 5.70. The van der Waals surface area contributed by atoms with Gasteiger partial charge in [-0.3, -0.25) is 9.48 Å². The van der Waals surface area contributed by atoms with Crippen LogP contribution in [0.25, 0.3) is 16.8 Å². The quantitative estimate of drug-likeness (QED) is 0.440. The molecule has 4 aromatic rings. The first-order valence-corrected chi connectivity index (χ1v) is 13.1. The number of nitrogens with zero attached hydrogens (tertiary/aromatic N) is 8. The Morgan fingerprint density at radius 1 is 1.03 bits per heavy atom. The number of aryl methyl sites for hydroxylation is 3. The van der Waals surface area contributed by atoms with E-state index in [1.807, 2.05) is 71.8 Å². The summed E-state index contributed by atoms with van der Waals surface area (Å²) in [5.41, 5.74) is 5.35. The molecule has 0 unspecified atom stereocenters. The van der Waals surface area contributed by atoms with Gasteiger partial charge in [0.15, 0.2) is 0 Å². The van der Waals surface area contributed by atoms with Crippen molar-refractivity contribution in [2.75, 3.05) is 31.1 Å². The van der Waals surface area contributed by atoms with Crippen molar-refractivity contribution in [1.29, 1.82) is 0 Å². The number of anilines is 1. The molecule has 2 fully saturated rings. The summed E-state index contributed by atoms with van der Waals surface area (Å²) < 4.78 is 3.68. The zero-order valence-corrected chi connectivity index (χ0v) is 22.1. The van der Waals surface area contributed by atoms with E-state index in [4.69, 9.17) is 5.10 Å². The van der Waals surface area contributed by atoms with Crippen molar-refractivity contribution in [1.82, 2.24) is 39.7 Å². The highest BCUT2D eigenvalue weighted by molar-refractivity contribution is 5.87. The third-order valence-corrected chi connectivity index (χ3v) is 7.58. The number of hydrogen-bond acceptors (Lipinski definition) is 7. The van der Waals surface area contributed by atoms with Gasteiger partial charge in [-0.05, 0) is 56.5 Å². The highest BCUT2D eigenvalue weighted by Crippen LogP contribution is 2.31. The smallest absolute Gasteiger partial charge is 0.243 e. The Hall–Kier alpha value is -4.05. The third-order valence-electron chi connectivity index (χ3n) is 7.58. The van der Waals surface area contributed by atoms with Crippen LogP contribution in [-0.2, 0) is 18.4 Å². The van der Waals surface area contributed by atoms with Crippen LogP contribution in [0.1, 0.15) is 29.9 Å². The molecule has 3 aromatic heterocycles. The van der Waals surface area contributed by atoms with Crippen molar-refractivity contribution in [3.05, 3.63) is 72.1 Å². The van der Waals surface area contributed by atoms with Gasteiger partial charge in [-0.15, -0.1) is 0 Å². The van der Waals surface area contributed by atoms with Crippen LogP contribution in [0, 0.1) is 13.8 Å². The topological polar surface area (TPSA) is 97.0 Å². The van der Waals surface area contributed by atoms with Crippen LogP contribution in [0.3, 0.4) is 0 Å². The molecule has 38 heavy (non-hydrogen) atoms. The average molecular weight is 512 g/mol. The number of piperazine rings is 1. The number of benzene rings is 1. The first kappa shape index (κ1) is 24.3. The monoisotopic (exact) mass is 511 g/mol. The second-order valence-corrected chi connectivity index (χ2v) is 10.3. The molecule has 6 rings (SSSR count). The molecule has 1 aromatic carbocycles. The molecule has 10 heteroatoms. The number of aromatic nitrogens is 6. The Labute approximate surface area is 222 Å². The Kier molecular flexibility index (Phi) is 6.19. The van der Waals surface area contributed by atoms with E-state index in [2.05, 4.69) is 37.4 Å². The first-order valence-electron chi connectivity index (χ1n) is 13.1. The molecular weight excluding hydrogens is 478 g/mol. The predicted molar refractivity (Wildman–Crippen MR) is 145 cm³/mol. The summed E-state index contributed by atoms with van der Waals surface area (Å²) in [4.78, 5) is 27.3. The van der Waals surface area contributed by atoms with Crippen LogP contribution >= 0.6 is 0 Å². The van der Waals surface area contributed by atoms with Crippen molar-refractivity contribution >= 4 is 11.9 Å². The van der Waals surface area contributed by atoms with Gasteiger partial charge in [0.1, 0.15) is 5.54 Å². The second-order valence-electron chi connectivity index (χ2n) is 10.3. The van der Waals surface area contributed by atoms with Gasteiger partial charge in [-0.25, -0.2) is 14.6 Å². The van der Waals surface area contributed by atoms with Gasteiger partial charge in [0.2, 0.25) is 11.9 Å². The van der Waals surface area contributed by atoms with Gasteiger partial charge in [-0.2, -0.15) is 10.2 Å². The second kappa shape index (κ2) is 9.68. The van der Waals surface area contributed by atoms with E-state index in [0.29, 0.717) is 13.1 Å². The number of rotatable bonds is 5. The Morgan fingerprint density at radius 3 is 2.55 bits per heavy atom. The highest BCUT2D eigenvalue weighted by atomic mass is 16.2. The lowest BCUT2D eigenvalue weighted by Gasteiger charge is -2.47. The van der Waals surface area contributed by atoms with E-state index in [0.717, 1.165) is 72.3 Å². The maximum atomic E-state index is 13.9. The molecule has 5 heterocycles. The molecular formula is C28H33N9O. The van der Waals surface area contributed by atoms with Crippen LogP contribution in [0.4, 0.5) is 5.95 Å². The van der Waals surface area contributed by atoms with Crippen molar-refractivity contribution in [2.24, 2.45) is 7.05 Å². The molecule has 0 saturated carbocycles. The van der Waals surface area contributed by atoms with E-state index in [9.17, 15) is 4.79 Å². The summed E-state index contributed by atoms with van der Waals surface area (Å²) in [6.45, 7) is 7.38. The molecule has 0 radical (unpaired) electrons. The van der Waals surface area contributed by atoms with E-state index < -0.39 is 5.54 Å². The number of piperidine rings is 1. The molecule has 0 atom stereocenters. The predicted octanol–water partition coefficient (Wildman–Crippen LogP) is 2.65. The molecule has 2 aliphatic rings. The van der Waals surface area contributed by atoms with Crippen LogP contribution in [-0.4, -0.2) is 72.1 Å². The molecule has 1 N–H and O–H groups in total. The molecule has 2 saturated heterocycles. The zero-order chi connectivity index (χ0) is 26.3. The van der Waals surface area contributed by atoms with Crippen LogP contribution in [0.2, 0.25) is 0 Å². The van der Waals surface area contributed by atoms with Gasteiger partial charge in [-0.1, -0.05) is 12.1 Å². The van der Waals surface area contributed by atoms with Crippen molar-refractivity contribution in [3.63, 3.8) is 0 Å². The Morgan fingerprint density at radius 2 is 1.82 bits per heavy atom. The summed E-state index contributed by atoms with van der Waals surface area (Å²) in [6, 6.07) is 12.2. The molecule has 0 bridgehead atoms. The standard InChI is InChI=1S/C28H33N9O/c1-20-16-21(2)32-27(31-20)35-13-8-28(9-14-35)26(38)36(15-11-29-28)19-25-24(18-34(3)33-25)22-6-4-7-23(17-22)37-12-5-10-30-37/h4-7,10,12,16-18,29H,8-9,11,13-15,19H2,1-3H3. The Bertz CT molecular complexity index is 1430. The molecule has 1 spiro atoms. The van der Waals surface area contributed by atoms with E-state index in [1.165, 1.54) is 0 Å².